The second-order valence-corrected chi connectivity index (χ2v) is 5.21. The number of methoxy groups -OCH3 is 1. The van der Waals surface area contributed by atoms with Gasteiger partial charge >= 0.3 is 0 Å². The molecule has 1 aromatic heterocycles. The highest BCUT2D eigenvalue weighted by molar-refractivity contribution is 7.08. The molecule has 2 aromatic rings. The molecular weight excluding hydrogens is 270 g/mol. The molecule has 0 aliphatic carbocycles. The van der Waals surface area contributed by atoms with E-state index in [1.807, 2.05) is 12.1 Å². The Balaban J connectivity index is 2.23. The zero-order valence-corrected chi connectivity index (χ0v) is 12.8. The maximum absolute atomic E-state index is 5.84. The van der Waals surface area contributed by atoms with Crippen LogP contribution in [0, 0.1) is 0 Å². The molecule has 1 atom stereocenters. The van der Waals surface area contributed by atoms with Gasteiger partial charge in [0.25, 0.3) is 0 Å². The molecule has 1 N–H and O–H groups in total. The van der Waals surface area contributed by atoms with Crippen molar-refractivity contribution in [1.82, 2.24) is 5.32 Å². The van der Waals surface area contributed by atoms with E-state index in [9.17, 15) is 0 Å². The highest BCUT2D eigenvalue weighted by Gasteiger charge is 2.17. The standard InChI is InChI=1S/C16H21NO2S/c1-3-17-16(13-8-11-20-12-13)14-6-4-5-7-15(14)19-10-9-18-2/h4-8,11-12,16-17H,3,9-10H2,1-2H3. The topological polar surface area (TPSA) is 30.5 Å². The Labute approximate surface area is 124 Å². The van der Waals surface area contributed by atoms with Gasteiger partial charge in [0.1, 0.15) is 12.4 Å². The van der Waals surface area contributed by atoms with Crippen molar-refractivity contribution in [1.29, 1.82) is 0 Å². The lowest BCUT2D eigenvalue weighted by molar-refractivity contribution is 0.145. The van der Waals surface area contributed by atoms with Gasteiger partial charge in [-0.2, -0.15) is 11.3 Å². The van der Waals surface area contributed by atoms with E-state index >= 15 is 0 Å². The number of thiophene rings is 1. The Morgan fingerprint density at radius 1 is 1.20 bits per heavy atom. The van der Waals surface area contributed by atoms with E-state index in [0.717, 1.165) is 12.3 Å². The minimum atomic E-state index is 0.171. The SMILES string of the molecule is CCNC(c1ccsc1)c1ccccc1OCCOC. The highest BCUT2D eigenvalue weighted by Crippen LogP contribution is 2.31. The first-order valence-electron chi connectivity index (χ1n) is 6.83. The van der Waals surface area contributed by atoms with Crippen LogP contribution in [0.1, 0.15) is 24.1 Å². The van der Waals surface area contributed by atoms with Crippen LogP contribution in [0.25, 0.3) is 0 Å². The summed E-state index contributed by atoms with van der Waals surface area (Å²) in [6.07, 6.45) is 0. The summed E-state index contributed by atoms with van der Waals surface area (Å²) in [6, 6.07) is 10.5. The first-order valence-corrected chi connectivity index (χ1v) is 7.77. The normalized spacial score (nSPS) is 12.3. The molecule has 0 amide bonds. The van der Waals surface area contributed by atoms with Gasteiger partial charge in [0.2, 0.25) is 0 Å². The molecule has 1 heterocycles. The van der Waals surface area contributed by atoms with Gasteiger partial charge in [-0.05, 0) is 35.0 Å². The van der Waals surface area contributed by atoms with Gasteiger partial charge in [-0.15, -0.1) is 0 Å². The Morgan fingerprint density at radius 3 is 2.75 bits per heavy atom. The van der Waals surface area contributed by atoms with Gasteiger partial charge in [0.05, 0.1) is 12.6 Å². The molecule has 1 unspecified atom stereocenters. The Morgan fingerprint density at radius 2 is 2.05 bits per heavy atom. The first-order chi connectivity index (χ1) is 9.86. The van der Waals surface area contributed by atoms with Crippen LogP contribution < -0.4 is 10.1 Å². The molecule has 2 rings (SSSR count). The average Bonchev–Trinajstić information content (AvgIpc) is 3.00. The number of nitrogens with one attached hydrogen (secondary N) is 1. The monoisotopic (exact) mass is 291 g/mol. The molecule has 0 aliphatic heterocycles. The minimum absolute atomic E-state index is 0.171. The predicted octanol–water partition coefficient (Wildman–Crippen LogP) is 3.47. The van der Waals surface area contributed by atoms with Crippen LogP contribution in [0.3, 0.4) is 0 Å². The zero-order valence-electron chi connectivity index (χ0n) is 12.0. The molecule has 0 spiro atoms. The van der Waals surface area contributed by atoms with Crippen LogP contribution >= 0.6 is 11.3 Å². The fourth-order valence-corrected chi connectivity index (χ4v) is 2.82. The number of ether oxygens (including phenoxy) is 2. The maximum atomic E-state index is 5.84. The molecule has 0 aliphatic rings. The van der Waals surface area contributed by atoms with Crippen molar-refractivity contribution in [2.45, 2.75) is 13.0 Å². The Kier molecular flexibility index (Phi) is 6.05. The molecule has 0 fully saturated rings. The lowest BCUT2D eigenvalue weighted by atomic mass is 10.0. The van der Waals surface area contributed by atoms with E-state index in [0.29, 0.717) is 13.2 Å². The highest BCUT2D eigenvalue weighted by atomic mass is 32.1. The first kappa shape index (κ1) is 15.0. The molecule has 3 nitrogen and oxygen atoms in total. The Hall–Kier alpha value is -1.36. The molecule has 0 saturated heterocycles. The molecule has 4 heteroatoms. The van der Waals surface area contributed by atoms with Crippen molar-refractivity contribution in [2.75, 3.05) is 26.9 Å². The molecule has 1 aromatic carbocycles. The van der Waals surface area contributed by atoms with E-state index in [-0.39, 0.29) is 6.04 Å². The lowest BCUT2D eigenvalue weighted by Crippen LogP contribution is -2.22. The van der Waals surface area contributed by atoms with Crippen LogP contribution in [-0.4, -0.2) is 26.9 Å². The minimum Gasteiger partial charge on any atom is -0.491 e. The van der Waals surface area contributed by atoms with E-state index < -0.39 is 0 Å². The molecule has 0 saturated carbocycles. The van der Waals surface area contributed by atoms with Crippen LogP contribution in [-0.2, 0) is 4.74 Å². The van der Waals surface area contributed by atoms with Crippen molar-refractivity contribution in [3.63, 3.8) is 0 Å². The van der Waals surface area contributed by atoms with Crippen molar-refractivity contribution in [3.8, 4) is 5.75 Å². The largest absolute Gasteiger partial charge is 0.491 e. The molecule has 20 heavy (non-hydrogen) atoms. The summed E-state index contributed by atoms with van der Waals surface area (Å²) in [6.45, 7) is 4.19. The van der Waals surface area contributed by atoms with Crippen molar-refractivity contribution in [3.05, 3.63) is 52.2 Å². The summed E-state index contributed by atoms with van der Waals surface area (Å²) in [5.74, 6) is 0.918. The average molecular weight is 291 g/mol. The summed E-state index contributed by atoms with van der Waals surface area (Å²) in [5.41, 5.74) is 2.45. The third-order valence-electron chi connectivity index (χ3n) is 3.06. The summed E-state index contributed by atoms with van der Waals surface area (Å²) in [7, 11) is 1.68. The van der Waals surface area contributed by atoms with E-state index in [4.69, 9.17) is 9.47 Å². The third-order valence-corrected chi connectivity index (χ3v) is 3.76. The fourth-order valence-electron chi connectivity index (χ4n) is 2.14. The number of para-hydroxylation sites is 1. The van der Waals surface area contributed by atoms with E-state index in [1.54, 1.807) is 18.4 Å². The lowest BCUT2D eigenvalue weighted by Gasteiger charge is -2.20. The van der Waals surface area contributed by atoms with Gasteiger partial charge in [-0.3, -0.25) is 0 Å². The van der Waals surface area contributed by atoms with E-state index in [2.05, 4.69) is 41.2 Å². The summed E-state index contributed by atoms with van der Waals surface area (Å²) >= 11 is 1.71. The van der Waals surface area contributed by atoms with Gasteiger partial charge in [-0.25, -0.2) is 0 Å². The number of rotatable bonds is 8. The van der Waals surface area contributed by atoms with Crippen LogP contribution in [0.5, 0.6) is 5.75 Å². The number of hydrogen-bond donors (Lipinski definition) is 1. The second-order valence-electron chi connectivity index (χ2n) is 4.43. The van der Waals surface area contributed by atoms with Crippen LogP contribution in [0.4, 0.5) is 0 Å². The van der Waals surface area contributed by atoms with Crippen molar-refractivity contribution < 1.29 is 9.47 Å². The van der Waals surface area contributed by atoms with Gasteiger partial charge in [-0.1, -0.05) is 25.1 Å². The smallest absolute Gasteiger partial charge is 0.124 e. The van der Waals surface area contributed by atoms with E-state index in [1.165, 1.54) is 11.1 Å². The molecular formula is C16H21NO2S. The summed E-state index contributed by atoms with van der Waals surface area (Å²) in [5, 5.41) is 7.81. The van der Waals surface area contributed by atoms with Crippen LogP contribution in [0.2, 0.25) is 0 Å². The van der Waals surface area contributed by atoms with Crippen molar-refractivity contribution in [2.24, 2.45) is 0 Å². The fraction of sp³-hybridized carbons (Fsp3) is 0.375. The second kappa shape index (κ2) is 8.04. The molecule has 0 bridgehead atoms. The van der Waals surface area contributed by atoms with Gasteiger partial charge in [0.15, 0.2) is 0 Å². The summed E-state index contributed by atoms with van der Waals surface area (Å²) < 4.78 is 10.9. The maximum Gasteiger partial charge on any atom is 0.124 e. The van der Waals surface area contributed by atoms with Crippen molar-refractivity contribution >= 4 is 11.3 Å². The zero-order chi connectivity index (χ0) is 14.2. The Bertz CT molecular complexity index is 499. The number of benzene rings is 1. The van der Waals surface area contributed by atoms with Gasteiger partial charge < -0.3 is 14.8 Å². The molecule has 0 radical (unpaired) electrons. The quantitative estimate of drug-likeness (QED) is 0.755. The third kappa shape index (κ3) is 3.82. The van der Waals surface area contributed by atoms with Gasteiger partial charge in [0, 0.05) is 12.7 Å². The molecule has 108 valence electrons. The number of hydrogen-bond acceptors (Lipinski definition) is 4. The predicted molar refractivity (Wildman–Crippen MR) is 83.7 cm³/mol. The summed E-state index contributed by atoms with van der Waals surface area (Å²) in [4.78, 5) is 0. The van der Waals surface area contributed by atoms with Crippen LogP contribution in [0.15, 0.2) is 41.1 Å².